The minimum absolute atomic E-state index is 0.279. The molecule has 18 heavy (non-hydrogen) atoms. The molecule has 1 aliphatic heterocycles. The number of hydrogen-bond donors (Lipinski definition) is 2. The summed E-state index contributed by atoms with van der Waals surface area (Å²) in [7, 11) is 0. The second kappa shape index (κ2) is 6.32. The van der Waals surface area contributed by atoms with Crippen LogP contribution in [0.4, 0.5) is 0 Å². The molecular formula is C15H23NO2. The van der Waals surface area contributed by atoms with Crippen LogP contribution in [0.25, 0.3) is 0 Å². The second-order valence-electron chi connectivity index (χ2n) is 5.20. The average molecular weight is 249 g/mol. The van der Waals surface area contributed by atoms with Crippen molar-refractivity contribution in [2.24, 2.45) is 0 Å². The van der Waals surface area contributed by atoms with Gasteiger partial charge in [-0.1, -0.05) is 30.3 Å². The van der Waals surface area contributed by atoms with Gasteiger partial charge in [-0.3, -0.25) is 0 Å². The molecule has 1 saturated heterocycles. The summed E-state index contributed by atoms with van der Waals surface area (Å²) >= 11 is 0. The summed E-state index contributed by atoms with van der Waals surface area (Å²) in [6, 6.07) is 10.5. The Hall–Kier alpha value is -0.900. The fourth-order valence-corrected chi connectivity index (χ4v) is 2.53. The van der Waals surface area contributed by atoms with E-state index in [0.717, 1.165) is 25.0 Å². The van der Waals surface area contributed by atoms with Crippen LogP contribution >= 0.6 is 0 Å². The summed E-state index contributed by atoms with van der Waals surface area (Å²) in [4.78, 5) is 0. The number of ether oxygens (including phenoxy) is 1. The lowest BCUT2D eigenvalue weighted by Crippen LogP contribution is -2.41. The molecule has 0 spiro atoms. The summed E-state index contributed by atoms with van der Waals surface area (Å²) in [5, 5.41) is 13.7. The Kier molecular flexibility index (Phi) is 4.75. The highest BCUT2D eigenvalue weighted by Crippen LogP contribution is 2.19. The van der Waals surface area contributed by atoms with Crippen molar-refractivity contribution < 1.29 is 9.84 Å². The molecule has 0 aliphatic carbocycles. The van der Waals surface area contributed by atoms with Crippen molar-refractivity contribution >= 4 is 0 Å². The molecule has 2 rings (SSSR count). The SMILES string of the molecule is CC(CC(O)c1ccccc1)NC1CCOC1C. The first-order valence-electron chi connectivity index (χ1n) is 6.77. The number of hydrogen-bond acceptors (Lipinski definition) is 3. The molecular weight excluding hydrogens is 226 g/mol. The number of rotatable bonds is 5. The third-order valence-electron chi connectivity index (χ3n) is 3.64. The van der Waals surface area contributed by atoms with Gasteiger partial charge in [-0.15, -0.1) is 0 Å². The Morgan fingerprint density at radius 2 is 2.11 bits per heavy atom. The molecule has 3 heteroatoms. The molecule has 1 aromatic carbocycles. The predicted octanol–water partition coefficient (Wildman–Crippen LogP) is 2.27. The maximum atomic E-state index is 10.2. The maximum absolute atomic E-state index is 10.2. The van der Waals surface area contributed by atoms with Gasteiger partial charge in [-0.2, -0.15) is 0 Å². The molecule has 0 aromatic heterocycles. The molecule has 1 heterocycles. The first kappa shape index (κ1) is 13.5. The Morgan fingerprint density at radius 3 is 2.72 bits per heavy atom. The van der Waals surface area contributed by atoms with Gasteiger partial charge in [0.2, 0.25) is 0 Å². The fraction of sp³-hybridized carbons (Fsp3) is 0.600. The van der Waals surface area contributed by atoms with Gasteiger partial charge in [0.25, 0.3) is 0 Å². The largest absolute Gasteiger partial charge is 0.388 e. The summed E-state index contributed by atoms with van der Waals surface area (Å²) in [5.41, 5.74) is 0.988. The van der Waals surface area contributed by atoms with Crippen molar-refractivity contribution in [1.29, 1.82) is 0 Å². The Morgan fingerprint density at radius 1 is 1.39 bits per heavy atom. The van der Waals surface area contributed by atoms with Crippen molar-refractivity contribution in [3.63, 3.8) is 0 Å². The highest BCUT2D eigenvalue weighted by Gasteiger charge is 2.25. The Labute approximate surface area is 109 Å². The molecule has 4 atom stereocenters. The smallest absolute Gasteiger partial charge is 0.0804 e. The Bertz CT molecular complexity index is 355. The van der Waals surface area contributed by atoms with Crippen LogP contribution in [0.2, 0.25) is 0 Å². The molecule has 1 aromatic rings. The molecule has 0 bridgehead atoms. The summed E-state index contributed by atoms with van der Waals surface area (Å²) in [6.07, 6.45) is 1.67. The molecule has 4 unspecified atom stereocenters. The van der Waals surface area contributed by atoms with Crippen LogP contribution in [0.3, 0.4) is 0 Å². The van der Waals surface area contributed by atoms with Gasteiger partial charge < -0.3 is 15.2 Å². The lowest BCUT2D eigenvalue weighted by Gasteiger charge is -2.23. The van der Waals surface area contributed by atoms with Crippen LogP contribution in [0, 0.1) is 0 Å². The van der Waals surface area contributed by atoms with Crippen molar-refractivity contribution in [2.45, 2.75) is 51.0 Å². The van der Waals surface area contributed by atoms with E-state index in [2.05, 4.69) is 19.2 Å². The third-order valence-corrected chi connectivity index (χ3v) is 3.64. The van der Waals surface area contributed by atoms with Crippen LogP contribution in [-0.2, 0) is 4.74 Å². The first-order valence-corrected chi connectivity index (χ1v) is 6.77. The molecule has 1 aliphatic rings. The second-order valence-corrected chi connectivity index (χ2v) is 5.20. The van der Waals surface area contributed by atoms with E-state index in [1.165, 1.54) is 0 Å². The number of benzene rings is 1. The van der Waals surface area contributed by atoms with Crippen LogP contribution in [-0.4, -0.2) is 29.9 Å². The van der Waals surface area contributed by atoms with Crippen LogP contribution in [0.1, 0.15) is 38.4 Å². The lowest BCUT2D eigenvalue weighted by atomic mass is 10.0. The minimum atomic E-state index is -0.397. The zero-order chi connectivity index (χ0) is 13.0. The molecule has 2 N–H and O–H groups in total. The highest BCUT2D eigenvalue weighted by atomic mass is 16.5. The molecule has 0 saturated carbocycles. The summed E-state index contributed by atoms with van der Waals surface area (Å²) in [6.45, 7) is 5.06. The highest BCUT2D eigenvalue weighted by molar-refractivity contribution is 5.17. The summed E-state index contributed by atoms with van der Waals surface area (Å²) < 4.78 is 5.53. The zero-order valence-electron chi connectivity index (χ0n) is 11.2. The number of nitrogens with one attached hydrogen (secondary N) is 1. The average Bonchev–Trinajstić information content (AvgIpc) is 2.76. The summed E-state index contributed by atoms with van der Waals surface area (Å²) in [5.74, 6) is 0. The van der Waals surface area contributed by atoms with E-state index < -0.39 is 6.10 Å². The van der Waals surface area contributed by atoms with E-state index in [0.29, 0.717) is 6.04 Å². The van der Waals surface area contributed by atoms with E-state index >= 15 is 0 Å². The first-order chi connectivity index (χ1) is 8.66. The Balaban J connectivity index is 1.82. The van der Waals surface area contributed by atoms with Crippen molar-refractivity contribution in [1.82, 2.24) is 5.32 Å². The van der Waals surface area contributed by atoms with E-state index in [9.17, 15) is 5.11 Å². The minimum Gasteiger partial charge on any atom is -0.388 e. The predicted molar refractivity (Wildman–Crippen MR) is 72.4 cm³/mol. The number of aliphatic hydroxyl groups is 1. The van der Waals surface area contributed by atoms with Gasteiger partial charge in [0, 0.05) is 18.7 Å². The number of aliphatic hydroxyl groups excluding tert-OH is 1. The zero-order valence-corrected chi connectivity index (χ0v) is 11.2. The van der Waals surface area contributed by atoms with Crippen LogP contribution in [0.15, 0.2) is 30.3 Å². The van der Waals surface area contributed by atoms with Gasteiger partial charge in [0.15, 0.2) is 0 Å². The van der Waals surface area contributed by atoms with Gasteiger partial charge in [0.1, 0.15) is 0 Å². The third kappa shape index (κ3) is 3.55. The molecule has 0 amide bonds. The van der Waals surface area contributed by atoms with Gasteiger partial charge >= 0.3 is 0 Å². The van der Waals surface area contributed by atoms with Crippen molar-refractivity contribution in [2.75, 3.05) is 6.61 Å². The van der Waals surface area contributed by atoms with Gasteiger partial charge in [-0.25, -0.2) is 0 Å². The lowest BCUT2D eigenvalue weighted by molar-refractivity contribution is 0.106. The van der Waals surface area contributed by atoms with Crippen molar-refractivity contribution in [3.8, 4) is 0 Å². The topological polar surface area (TPSA) is 41.5 Å². The molecule has 0 radical (unpaired) electrons. The van der Waals surface area contributed by atoms with E-state index in [1.807, 2.05) is 30.3 Å². The van der Waals surface area contributed by atoms with Gasteiger partial charge in [0.05, 0.1) is 12.2 Å². The van der Waals surface area contributed by atoms with E-state index in [4.69, 9.17) is 4.74 Å². The standard InChI is InChI=1S/C15H23NO2/c1-11(16-14-8-9-18-12(14)2)10-15(17)13-6-4-3-5-7-13/h3-7,11-12,14-17H,8-10H2,1-2H3. The van der Waals surface area contributed by atoms with Crippen LogP contribution < -0.4 is 5.32 Å². The quantitative estimate of drug-likeness (QED) is 0.841. The van der Waals surface area contributed by atoms with E-state index in [1.54, 1.807) is 0 Å². The molecule has 3 nitrogen and oxygen atoms in total. The fourth-order valence-electron chi connectivity index (χ4n) is 2.53. The molecule has 1 fully saturated rings. The maximum Gasteiger partial charge on any atom is 0.0804 e. The van der Waals surface area contributed by atoms with Crippen LogP contribution in [0.5, 0.6) is 0 Å². The normalized spacial score (nSPS) is 27.1. The van der Waals surface area contributed by atoms with Gasteiger partial charge in [-0.05, 0) is 32.3 Å². The van der Waals surface area contributed by atoms with Crippen molar-refractivity contribution in [3.05, 3.63) is 35.9 Å². The molecule has 100 valence electrons. The van der Waals surface area contributed by atoms with E-state index in [-0.39, 0.29) is 12.1 Å². The monoisotopic (exact) mass is 249 g/mol.